The molecule has 1 aromatic rings. The van der Waals surface area contributed by atoms with Crippen molar-refractivity contribution in [3.63, 3.8) is 0 Å². The lowest BCUT2D eigenvalue weighted by molar-refractivity contribution is -0.148. The second-order valence-corrected chi connectivity index (χ2v) is 5.25. The zero-order valence-corrected chi connectivity index (χ0v) is 13.4. The first kappa shape index (κ1) is 20.4. The lowest BCUT2D eigenvalue weighted by atomic mass is 10.1. The minimum atomic E-state index is -4.24. The normalized spacial score (nSPS) is 18.0. The Kier molecular flexibility index (Phi) is 7.68. The fourth-order valence-electron chi connectivity index (χ4n) is 2.08. The summed E-state index contributed by atoms with van der Waals surface area (Å²) in [7, 11) is 0. The van der Waals surface area contributed by atoms with E-state index in [1.807, 2.05) is 0 Å². The number of nitrogens with one attached hydrogen (secondary N) is 2. The van der Waals surface area contributed by atoms with Gasteiger partial charge in [0.25, 0.3) is 5.91 Å². The highest BCUT2D eigenvalue weighted by Crippen LogP contribution is 2.23. The van der Waals surface area contributed by atoms with Gasteiger partial charge in [-0.15, -0.1) is 12.4 Å². The number of carbonyl (C=O) groups excluding carboxylic acids is 1. The van der Waals surface area contributed by atoms with Gasteiger partial charge in [0.15, 0.2) is 6.61 Å². The Bertz CT molecular complexity index is 525. The van der Waals surface area contributed by atoms with Crippen LogP contribution in [-0.2, 0) is 0 Å². The van der Waals surface area contributed by atoms with Gasteiger partial charge in [0, 0.05) is 24.8 Å². The Morgan fingerprint density at radius 3 is 2.75 bits per heavy atom. The van der Waals surface area contributed by atoms with Gasteiger partial charge in [-0.05, 0) is 25.5 Å². The molecule has 0 bridgehead atoms. The number of hydrogen-bond donors (Lipinski definition) is 2. The zero-order chi connectivity index (χ0) is 16.9. The molecule has 2 rings (SSSR count). The van der Waals surface area contributed by atoms with Crippen LogP contribution in [0.25, 0.3) is 0 Å². The standard InChI is InChI=1S/C14H17F4N3O2.ClH/c15-13(16)14(17,18)8-23-11-4-3-9(6-20-11)12(22)21-10-2-1-5-19-7-10;/h3-4,6,10,13,19H,1-2,5,7-8H2,(H,21,22);1H. The van der Waals surface area contributed by atoms with Crippen LogP contribution in [-0.4, -0.2) is 49.0 Å². The van der Waals surface area contributed by atoms with Crippen molar-refractivity contribution in [2.24, 2.45) is 0 Å². The Hall–Kier alpha value is -1.61. The second-order valence-electron chi connectivity index (χ2n) is 5.25. The molecule has 1 aliphatic heterocycles. The molecule has 1 amide bonds. The number of ether oxygens (including phenoxy) is 1. The summed E-state index contributed by atoms with van der Waals surface area (Å²) in [6.07, 6.45) is -0.817. The number of alkyl halides is 4. The van der Waals surface area contributed by atoms with Gasteiger partial charge in [-0.25, -0.2) is 13.8 Å². The summed E-state index contributed by atoms with van der Waals surface area (Å²) < 4.78 is 54.0. The van der Waals surface area contributed by atoms with Crippen LogP contribution < -0.4 is 15.4 Å². The van der Waals surface area contributed by atoms with E-state index >= 15 is 0 Å². The van der Waals surface area contributed by atoms with Crippen molar-refractivity contribution < 1.29 is 27.1 Å². The van der Waals surface area contributed by atoms with E-state index in [0.717, 1.165) is 25.6 Å². The second kappa shape index (κ2) is 9.03. The SMILES string of the molecule is Cl.O=C(NC1CCCNC1)c1ccc(OCC(F)(F)C(F)F)nc1. The molecule has 2 N–H and O–H groups in total. The van der Waals surface area contributed by atoms with Crippen molar-refractivity contribution in [3.8, 4) is 5.88 Å². The van der Waals surface area contributed by atoms with Crippen LogP contribution in [0.5, 0.6) is 5.88 Å². The van der Waals surface area contributed by atoms with E-state index in [4.69, 9.17) is 0 Å². The number of amides is 1. The van der Waals surface area contributed by atoms with Gasteiger partial charge < -0.3 is 15.4 Å². The maximum atomic E-state index is 12.7. The van der Waals surface area contributed by atoms with E-state index in [1.165, 1.54) is 12.1 Å². The molecule has 5 nitrogen and oxygen atoms in total. The molecule has 0 aliphatic carbocycles. The third kappa shape index (κ3) is 5.79. The predicted octanol–water partition coefficient (Wildman–Crippen LogP) is 2.26. The summed E-state index contributed by atoms with van der Waals surface area (Å²) in [6, 6.07) is 2.56. The third-order valence-corrected chi connectivity index (χ3v) is 3.36. The first-order valence-electron chi connectivity index (χ1n) is 7.15. The molecule has 0 saturated carbocycles. The van der Waals surface area contributed by atoms with E-state index in [-0.39, 0.29) is 35.8 Å². The Balaban J connectivity index is 0.00000288. The molecule has 0 spiro atoms. The minimum absolute atomic E-state index is 0. The molecule has 1 saturated heterocycles. The smallest absolute Gasteiger partial charge is 0.340 e. The molecule has 1 aliphatic rings. The minimum Gasteiger partial charge on any atom is -0.471 e. The Labute approximate surface area is 142 Å². The zero-order valence-electron chi connectivity index (χ0n) is 12.6. The molecule has 24 heavy (non-hydrogen) atoms. The number of halogens is 5. The molecule has 1 atom stereocenters. The summed E-state index contributed by atoms with van der Waals surface area (Å²) in [4.78, 5) is 15.7. The van der Waals surface area contributed by atoms with Gasteiger partial charge in [0.05, 0.1) is 5.56 Å². The van der Waals surface area contributed by atoms with Crippen LogP contribution in [0.2, 0.25) is 0 Å². The summed E-state index contributed by atoms with van der Waals surface area (Å²) in [5.41, 5.74) is 0.239. The highest BCUT2D eigenvalue weighted by atomic mass is 35.5. The van der Waals surface area contributed by atoms with Gasteiger partial charge in [0.1, 0.15) is 0 Å². The van der Waals surface area contributed by atoms with Gasteiger partial charge in [-0.2, -0.15) is 8.78 Å². The number of piperidine rings is 1. The van der Waals surface area contributed by atoms with Crippen molar-refractivity contribution in [2.75, 3.05) is 19.7 Å². The van der Waals surface area contributed by atoms with Crippen LogP contribution in [0.1, 0.15) is 23.2 Å². The molecule has 1 fully saturated rings. The van der Waals surface area contributed by atoms with E-state index in [0.29, 0.717) is 6.54 Å². The summed E-state index contributed by atoms with van der Waals surface area (Å²) in [6.45, 7) is 0.128. The van der Waals surface area contributed by atoms with E-state index in [2.05, 4.69) is 20.4 Å². The van der Waals surface area contributed by atoms with Gasteiger partial charge in [-0.3, -0.25) is 4.79 Å². The average molecular weight is 372 g/mol. The summed E-state index contributed by atoms with van der Waals surface area (Å²) in [5, 5.41) is 5.98. The first-order valence-corrected chi connectivity index (χ1v) is 7.15. The van der Waals surface area contributed by atoms with E-state index in [1.54, 1.807) is 0 Å². The fourth-order valence-corrected chi connectivity index (χ4v) is 2.08. The lowest BCUT2D eigenvalue weighted by Gasteiger charge is -2.23. The van der Waals surface area contributed by atoms with Gasteiger partial charge in [0.2, 0.25) is 5.88 Å². The molecular weight excluding hydrogens is 354 g/mol. The van der Waals surface area contributed by atoms with Crippen LogP contribution in [0.3, 0.4) is 0 Å². The quantitative estimate of drug-likeness (QED) is 0.753. The predicted molar refractivity (Wildman–Crippen MR) is 81.3 cm³/mol. The summed E-state index contributed by atoms with van der Waals surface area (Å²) in [5.74, 6) is -4.83. The molecule has 10 heteroatoms. The maximum Gasteiger partial charge on any atom is 0.340 e. The molecule has 136 valence electrons. The molecule has 0 radical (unpaired) electrons. The molecule has 2 heterocycles. The topological polar surface area (TPSA) is 63.2 Å². The highest BCUT2D eigenvalue weighted by molar-refractivity contribution is 5.94. The van der Waals surface area contributed by atoms with E-state index < -0.39 is 19.0 Å². The number of carbonyl (C=O) groups is 1. The van der Waals surface area contributed by atoms with Crippen molar-refractivity contribution in [2.45, 2.75) is 31.2 Å². The van der Waals surface area contributed by atoms with Crippen molar-refractivity contribution in [1.29, 1.82) is 0 Å². The number of pyridine rings is 1. The number of aromatic nitrogens is 1. The van der Waals surface area contributed by atoms with Crippen LogP contribution >= 0.6 is 12.4 Å². The number of nitrogens with zero attached hydrogens (tertiary/aromatic N) is 1. The van der Waals surface area contributed by atoms with Crippen LogP contribution in [0.4, 0.5) is 17.6 Å². The Morgan fingerprint density at radius 2 is 2.21 bits per heavy atom. The maximum absolute atomic E-state index is 12.7. The average Bonchev–Trinajstić information content (AvgIpc) is 2.54. The monoisotopic (exact) mass is 371 g/mol. The van der Waals surface area contributed by atoms with Crippen molar-refractivity contribution in [1.82, 2.24) is 15.6 Å². The number of hydrogen-bond acceptors (Lipinski definition) is 4. The molecule has 0 aromatic carbocycles. The number of rotatable bonds is 6. The van der Waals surface area contributed by atoms with E-state index in [9.17, 15) is 22.4 Å². The van der Waals surface area contributed by atoms with Crippen LogP contribution in [0.15, 0.2) is 18.3 Å². The first-order chi connectivity index (χ1) is 10.9. The highest BCUT2D eigenvalue weighted by Gasteiger charge is 2.41. The van der Waals surface area contributed by atoms with Gasteiger partial charge >= 0.3 is 12.3 Å². The molecular formula is C14H18ClF4N3O2. The van der Waals surface area contributed by atoms with Gasteiger partial charge in [-0.1, -0.05) is 0 Å². The summed E-state index contributed by atoms with van der Waals surface area (Å²) >= 11 is 0. The van der Waals surface area contributed by atoms with Crippen molar-refractivity contribution >= 4 is 18.3 Å². The molecule has 1 aromatic heterocycles. The lowest BCUT2D eigenvalue weighted by Crippen LogP contribution is -2.45. The third-order valence-electron chi connectivity index (χ3n) is 3.36. The fraction of sp³-hybridized carbons (Fsp3) is 0.571. The largest absolute Gasteiger partial charge is 0.471 e. The van der Waals surface area contributed by atoms with Crippen molar-refractivity contribution in [3.05, 3.63) is 23.9 Å². The Morgan fingerprint density at radius 1 is 1.46 bits per heavy atom. The molecule has 1 unspecified atom stereocenters. The van der Waals surface area contributed by atoms with Crippen LogP contribution in [0, 0.1) is 0 Å².